The zero-order valence-electron chi connectivity index (χ0n) is 8.81. The number of nitrogens with zero attached hydrogens (tertiary/aromatic N) is 1. The number of hydrogen-bond acceptors (Lipinski definition) is 3. The summed E-state index contributed by atoms with van der Waals surface area (Å²) in [5.41, 5.74) is 2.96. The average molecular weight is 259 g/mol. The molecular weight excluding hydrogens is 250 g/mol. The second kappa shape index (κ2) is 4.27. The molecule has 0 fully saturated rings. The molecule has 0 aliphatic rings. The van der Waals surface area contributed by atoms with E-state index in [1.165, 1.54) is 0 Å². The van der Waals surface area contributed by atoms with Crippen LogP contribution in [0.5, 0.6) is 0 Å². The molecule has 0 radical (unpaired) electrons. The molecule has 0 bridgehead atoms. The van der Waals surface area contributed by atoms with Crippen LogP contribution in [0.4, 0.5) is 5.95 Å². The minimum atomic E-state index is 0.683. The lowest BCUT2D eigenvalue weighted by Gasteiger charge is -2.01. The Morgan fingerprint density at radius 2 is 2.18 bits per heavy atom. The van der Waals surface area contributed by atoms with Gasteiger partial charge in [0.05, 0.1) is 11.0 Å². The van der Waals surface area contributed by atoms with Gasteiger partial charge in [-0.3, -0.25) is 0 Å². The Balaban J connectivity index is 1.88. The quantitative estimate of drug-likeness (QED) is 0.693. The van der Waals surface area contributed by atoms with Gasteiger partial charge in [0.15, 0.2) is 0 Å². The largest absolute Gasteiger partial charge is 0.324 e. The molecule has 84 valence electrons. The standard InChI is InChI=1S/C12H9N3S2/c16-11(8-5-6-17-7-8)15-12-13-9-3-1-2-4-10(9)14-12/h1-7H,(H2,13,14,15,16). The summed E-state index contributed by atoms with van der Waals surface area (Å²) in [5, 5.41) is 7.12. The Labute approximate surface area is 108 Å². The molecule has 0 saturated carbocycles. The van der Waals surface area contributed by atoms with E-state index in [2.05, 4.69) is 15.3 Å². The molecule has 2 heterocycles. The fourth-order valence-electron chi connectivity index (χ4n) is 1.59. The molecule has 5 heteroatoms. The van der Waals surface area contributed by atoms with Gasteiger partial charge < -0.3 is 10.3 Å². The van der Waals surface area contributed by atoms with Crippen molar-refractivity contribution in [3.63, 3.8) is 0 Å². The Bertz CT molecular complexity index is 622. The highest BCUT2D eigenvalue weighted by molar-refractivity contribution is 7.81. The first-order valence-corrected chi connectivity index (χ1v) is 6.46. The third kappa shape index (κ3) is 2.07. The molecule has 0 spiro atoms. The lowest BCUT2D eigenvalue weighted by Crippen LogP contribution is -2.10. The van der Waals surface area contributed by atoms with Crippen molar-refractivity contribution in [2.45, 2.75) is 0 Å². The van der Waals surface area contributed by atoms with Crippen LogP contribution in [0.1, 0.15) is 5.56 Å². The zero-order valence-corrected chi connectivity index (χ0v) is 10.4. The summed E-state index contributed by atoms with van der Waals surface area (Å²) < 4.78 is 0. The number of anilines is 1. The fourth-order valence-corrected chi connectivity index (χ4v) is 2.53. The normalized spacial score (nSPS) is 10.6. The van der Waals surface area contributed by atoms with Crippen molar-refractivity contribution in [3.05, 3.63) is 46.7 Å². The minimum Gasteiger partial charge on any atom is -0.324 e. The van der Waals surface area contributed by atoms with E-state index >= 15 is 0 Å². The van der Waals surface area contributed by atoms with E-state index in [9.17, 15) is 0 Å². The van der Waals surface area contributed by atoms with E-state index in [4.69, 9.17) is 12.2 Å². The predicted molar refractivity (Wildman–Crippen MR) is 75.7 cm³/mol. The van der Waals surface area contributed by atoms with E-state index in [0.29, 0.717) is 10.9 Å². The van der Waals surface area contributed by atoms with E-state index < -0.39 is 0 Å². The van der Waals surface area contributed by atoms with Crippen LogP contribution >= 0.6 is 23.6 Å². The van der Waals surface area contributed by atoms with Gasteiger partial charge in [-0.05, 0) is 23.6 Å². The first-order chi connectivity index (χ1) is 8.33. The van der Waals surface area contributed by atoms with Gasteiger partial charge >= 0.3 is 0 Å². The summed E-state index contributed by atoms with van der Waals surface area (Å²) in [6.07, 6.45) is 0. The van der Waals surface area contributed by atoms with Crippen molar-refractivity contribution in [2.24, 2.45) is 0 Å². The first-order valence-electron chi connectivity index (χ1n) is 5.11. The van der Waals surface area contributed by atoms with Gasteiger partial charge in [-0.25, -0.2) is 4.98 Å². The monoisotopic (exact) mass is 259 g/mol. The second-order valence-electron chi connectivity index (χ2n) is 3.57. The number of H-pyrrole nitrogens is 1. The Morgan fingerprint density at radius 3 is 2.94 bits per heavy atom. The summed E-state index contributed by atoms with van der Waals surface area (Å²) >= 11 is 6.92. The fraction of sp³-hybridized carbons (Fsp3) is 0. The molecule has 0 amide bonds. The number of benzene rings is 1. The molecule has 0 unspecified atom stereocenters. The maximum atomic E-state index is 5.30. The Kier molecular flexibility index (Phi) is 2.62. The maximum absolute atomic E-state index is 5.30. The summed E-state index contributed by atoms with van der Waals surface area (Å²) in [4.78, 5) is 8.28. The smallest absolute Gasteiger partial charge is 0.206 e. The van der Waals surface area contributed by atoms with Gasteiger partial charge in [-0.15, -0.1) is 0 Å². The predicted octanol–water partition coefficient (Wildman–Crippen LogP) is 3.41. The Morgan fingerprint density at radius 1 is 1.29 bits per heavy atom. The van der Waals surface area contributed by atoms with Crippen LogP contribution in [0, 0.1) is 0 Å². The molecule has 3 rings (SSSR count). The molecule has 1 aromatic carbocycles. The van der Waals surface area contributed by atoms with E-state index in [-0.39, 0.29) is 0 Å². The molecule has 0 atom stereocenters. The van der Waals surface area contributed by atoms with Crippen molar-refractivity contribution in [3.8, 4) is 0 Å². The van der Waals surface area contributed by atoms with Crippen molar-refractivity contribution in [2.75, 3.05) is 5.32 Å². The number of fused-ring (bicyclic) bond motifs is 1. The first kappa shape index (κ1) is 10.4. The highest BCUT2D eigenvalue weighted by Gasteiger charge is 2.05. The number of thiocarbonyl (C=S) groups is 1. The van der Waals surface area contributed by atoms with Gasteiger partial charge in [-0.1, -0.05) is 24.4 Å². The number of thiophene rings is 1. The summed E-state index contributed by atoms with van der Waals surface area (Å²) in [7, 11) is 0. The van der Waals surface area contributed by atoms with Crippen molar-refractivity contribution >= 4 is 45.5 Å². The number of aromatic nitrogens is 2. The number of para-hydroxylation sites is 2. The molecular formula is C12H9N3S2. The van der Waals surface area contributed by atoms with Crippen LogP contribution in [0.15, 0.2) is 41.1 Å². The van der Waals surface area contributed by atoms with Crippen molar-refractivity contribution in [1.29, 1.82) is 0 Å². The molecule has 0 aliphatic heterocycles. The molecule has 17 heavy (non-hydrogen) atoms. The van der Waals surface area contributed by atoms with Crippen LogP contribution < -0.4 is 5.32 Å². The van der Waals surface area contributed by atoms with Crippen LogP contribution in [0.2, 0.25) is 0 Å². The summed E-state index contributed by atoms with van der Waals surface area (Å²) in [5.74, 6) is 0.683. The lowest BCUT2D eigenvalue weighted by atomic mass is 10.3. The van der Waals surface area contributed by atoms with Crippen LogP contribution in [0.3, 0.4) is 0 Å². The van der Waals surface area contributed by atoms with Crippen molar-refractivity contribution < 1.29 is 0 Å². The SMILES string of the molecule is S=C(Nc1nc2ccccc2[nH]1)c1ccsc1. The molecule has 2 aromatic heterocycles. The molecule has 2 N–H and O–H groups in total. The van der Waals surface area contributed by atoms with Crippen LogP contribution in [-0.2, 0) is 0 Å². The van der Waals surface area contributed by atoms with Gasteiger partial charge in [-0.2, -0.15) is 11.3 Å². The molecule has 3 aromatic rings. The second-order valence-corrected chi connectivity index (χ2v) is 4.76. The number of aromatic amines is 1. The molecule has 3 nitrogen and oxygen atoms in total. The third-order valence-corrected chi connectivity index (χ3v) is 3.43. The lowest BCUT2D eigenvalue weighted by molar-refractivity contribution is 1.34. The van der Waals surface area contributed by atoms with Crippen LogP contribution in [0.25, 0.3) is 11.0 Å². The van der Waals surface area contributed by atoms with Crippen LogP contribution in [-0.4, -0.2) is 15.0 Å². The van der Waals surface area contributed by atoms with E-state index in [1.807, 2.05) is 41.1 Å². The minimum absolute atomic E-state index is 0.683. The topological polar surface area (TPSA) is 40.7 Å². The average Bonchev–Trinajstić information content (AvgIpc) is 2.97. The molecule has 0 saturated heterocycles. The van der Waals surface area contributed by atoms with E-state index in [1.54, 1.807) is 11.3 Å². The maximum Gasteiger partial charge on any atom is 0.206 e. The zero-order chi connectivity index (χ0) is 11.7. The highest BCUT2D eigenvalue weighted by atomic mass is 32.1. The highest BCUT2D eigenvalue weighted by Crippen LogP contribution is 2.15. The van der Waals surface area contributed by atoms with Gasteiger partial charge in [0, 0.05) is 10.9 Å². The van der Waals surface area contributed by atoms with Crippen molar-refractivity contribution in [1.82, 2.24) is 9.97 Å². The van der Waals surface area contributed by atoms with Gasteiger partial charge in [0.1, 0.15) is 4.99 Å². The number of imidazole rings is 1. The van der Waals surface area contributed by atoms with Gasteiger partial charge in [0.2, 0.25) is 5.95 Å². The number of rotatable bonds is 2. The van der Waals surface area contributed by atoms with E-state index in [0.717, 1.165) is 16.6 Å². The Hall–Kier alpha value is -1.72. The number of hydrogen-bond donors (Lipinski definition) is 2. The molecule has 0 aliphatic carbocycles. The summed E-state index contributed by atoms with van der Waals surface area (Å²) in [6, 6.07) is 9.88. The van der Waals surface area contributed by atoms with Gasteiger partial charge in [0.25, 0.3) is 0 Å². The third-order valence-electron chi connectivity index (χ3n) is 2.40. The number of nitrogens with one attached hydrogen (secondary N) is 2. The summed E-state index contributed by atoms with van der Waals surface area (Å²) in [6.45, 7) is 0.